The zero-order chi connectivity index (χ0) is 14.2. The van der Waals surface area contributed by atoms with Crippen molar-refractivity contribution in [2.75, 3.05) is 13.1 Å². The SMILES string of the molecule is Cc1cccc(C2(Cc3ccc(Cl)cc3Cl)CNC2)c1. The predicted octanol–water partition coefficient (Wildman–Crippen LogP) is 4.39. The van der Waals surface area contributed by atoms with Crippen LogP contribution in [0.25, 0.3) is 0 Å². The summed E-state index contributed by atoms with van der Waals surface area (Å²) in [4.78, 5) is 0. The number of rotatable bonds is 3. The maximum absolute atomic E-state index is 6.33. The zero-order valence-electron chi connectivity index (χ0n) is 11.4. The quantitative estimate of drug-likeness (QED) is 0.887. The van der Waals surface area contributed by atoms with E-state index in [-0.39, 0.29) is 5.41 Å². The molecule has 0 atom stereocenters. The second kappa shape index (κ2) is 5.40. The fourth-order valence-corrected chi connectivity index (χ4v) is 3.34. The first kappa shape index (κ1) is 13.9. The molecule has 3 rings (SSSR count). The molecule has 0 aromatic heterocycles. The third kappa shape index (κ3) is 2.58. The summed E-state index contributed by atoms with van der Waals surface area (Å²) in [5.41, 5.74) is 4.01. The Hall–Kier alpha value is -1.02. The largest absolute Gasteiger partial charge is 0.315 e. The molecule has 1 aliphatic heterocycles. The molecule has 0 spiro atoms. The number of aryl methyl sites for hydroxylation is 1. The number of hydrogen-bond donors (Lipinski definition) is 1. The van der Waals surface area contributed by atoms with Crippen molar-refractivity contribution in [3.8, 4) is 0 Å². The van der Waals surface area contributed by atoms with Crippen LogP contribution in [0.5, 0.6) is 0 Å². The molecule has 0 bridgehead atoms. The molecule has 1 fully saturated rings. The summed E-state index contributed by atoms with van der Waals surface area (Å²) in [7, 11) is 0. The van der Waals surface area contributed by atoms with Crippen molar-refractivity contribution in [3.63, 3.8) is 0 Å². The summed E-state index contributed by atoms with van der Waals surface area (Å²) >= 11 is 12.3. The summed E-state index contributed by atoms with van der Waals surface area (Å²) in [5, 5.41) is 4.85. The van der Waals surface area contributed by atoms with Gasteiger partial charge < -0.3 is 5.32 Å². The van der Waals surface area contributed by atoms with Gasteiger partial charge >= 0.3 is 0 Å². The highest BCUT2D eigenvalue weighted by Gasteiger charge is 2.39. The van der Waals surface area contributed by atoms with Crippen LogP contribution < -0.4 is 5.32 Å². The topological polar surface area (TPSA) is 12.0 Å². The second-order valence-corrected chi connectivity index (χ2v) is 6.51. The molecule has 3 heteroatoms. The fraction of sp³-hybridized carbons (Fsp3) is 0.294. The molecule has 2 aromatic rings. The van der Waals surface area contributed by atoms with Crippen LogP contribution in [0.1, 0.15) is 16.7 Å². The third-order valence-corrected chi connectivity index (χ3v) is 4.69. The van der Waals surface area contributed by atoms with Gasteiger partial charge in [-0.25, -0.2) is 0 Å². The van der Waals surface area contributed by atoms with Crippen LogP contribution >= 0.6 is 23.2 Å². The molecule has 0 unspecified atom stereocenters. The molecule has 1 saturated heterocycles. The first-order chi connectivity index (χ1) is 9.59. The van der Waals surface area contributed by atoms with Crippen molar-refractivity contribution >= 4 is 23.2 Å². The van der Waals surface area contributed by atoms with E-state index in [4.69, 9.17) is 23.2 Å². The van der Waals surface area contributed by atoms with E-state index in [9.17, 15) is 0 Å². The van der Waals surface area contributed by atoms with E-state index in [2.05, 4.69) is 36.5 Å². The van der Waals surface area contributed by atoms with Crippen molar-refractivity contribution in [1.29, 1.82) is 0 Å². The van der Waals surface area contributed by atoms with Crippen molar-refractivity contribution in [3.05, 3.63) is 69.2 Å². The van der Waals surface area contributed by atoms with Crippen molar-refractivity contribution in [2.45, 2.75) is 18.8 Å². The Bertz CT molecular complexity index is 633. The highest BCUT2D eigenvalue weighted by atomic mass is 35.5. The Morgan fingerprint density at radius 2 is 1.90 bits per heavy atom. The minimum atomic E-state index is 0.156. The lowest BCUT2D eigenvalue weighted by Gasteiger charge is -2.44. The molecule has 1 heterocycles. The summed E-state index contributed by atoms with van der Waals surface area (Å²) in [6.45, 7) is 4.13. The van der Waals surface area contributed by atoms with E-state index in [1.165, 1.54) is 16.7 Å². The van der Waals surface area contributed by atoms with Gasteiger partial charge in [0.15, 0.2) is 0 Å². The maximum atomic E-state index is 6.33. The number of nitrogens with one attached hydrogen (secondary N) is 1. The molecule has 20 heavy (non-hydrogen) atoms. The van der Waals surface area contributed by atoms with E-state index in [1.54, 1.807) is 0 Å². The van der Waals surface area contributed by atoms with Crippen LogP contribution in [0, 0.1) is 6.92 Å². The van der Waals surface area contributed by atoms with E-state index >= 15 is 0 Å². The highest BCUT2D eigenvalue weighted by molar-refractivity contribution is 6.35. The Morgan fingerprint density at radius 1 is 1.10 bits per heavy atom. The van der Waals surface area contributed by atoms with Crippen LogP contribution in [-0.4, -0.2) is 13.1 Å². The van der Waals surface area contributed by atoms with Crippen LogP contribution in [0.15, 0.2) is 42.5 Å². The van der Waals surface area contributed by atoms with E-state index in [1.807, 2.05) is 18.2 Å². The average molecular weight is 306 g/mol. The molecule has 2 aromatic carbocycles. The second-order valence-electron chi connectivity index (χ2n) is 5.67. The smallest absolute Gasteiger partial charge is 0.0453 e. The summed E-state index contributed by atoms with van der Waals surface area (Å²) in [6, 6.07) is 14.6. The van der Waals surface area contributed by atoms with Crippen LogP contribution in [0.2, 0.25) is 10.0 Å². The van der Waals surface area contributed by atoms with Gasteiger partial charge in [0.1, 0.15) is 0 Å². The number of halogens is 2. The summed E-state index contributed by atoms with van der Waals surface area (Å²) in [6.07, 6.45) is 0.944. The van der Waals surface area contributed by atoms with Gasteiger partial charge in [0, 0.05) is 28.5 Å². The first-order valence-electron chi connectivity index (χ1n) is 6.81. The van der Waals surface area contributed by atoms with E-state index in [0.717, 1.165) is 24.5 Å². The third-order valence-electron chi connectivity index (χ3n) is 4.10. The zero-order valence-corrected chi connectivity index (χ0v) is 12.9. The standard InChI is InChI=1S/C17H17Cl2N/c1-12-3-2-4-14(7-12)17(10-20-11-17)9-13-5-6-15(18)8-16(13)19/h2-8,20H,9-11H2,1H3. The number of hydrogen-bond acceptors (Lipinski definition) is 1. The first-order valence-corrected chi connectivity index (χ1v) is 7.56. The van der Waals surface area contributed by atoms with Gasteiger partial charge in [-0.05, 0) is 36.6 Å². The molecule has 0 saturated carbocycles. The van der Waals surface area contributed by atoms with Gasteiger partial charge in [0.2, 0.25) is 0 Å². The van der Waals surface area contributed by atoms with Crippen molar-refractivity contribution in [1.82, 2.24) is 5.32 Å². The maximum Gasteiger partial charge on any atom is 0.0453 e. The Morgan fingerprint density at radius 3 is 2.50 bits per heavy atom. The molecule has 0 aliphatic carbocycles. The van der Waals surface area contributed by atoms with Crippen molar-refractivity contribution in [2.24, 2.45) is 0 Å². The molecule has 1 N–H and O–H groups in total. The van der Waals surface area contributed by atoms with Gasteiger partial charge in [0.05, 0.1) is 0 Å². The lowest BCUT2D eigenvalue weighted by molar-refractivity contribution is 0.274. The molecule has 104 valence electrons. The van der Waals surface area contributed by atoms with Gasteiger partial charge in [-0.3, -0.25) is 0 Å². The van der Waals surface area contributed by atoms with Gasteiger partial charge in [-0.1, -0.05) is 59.1 Å². The van der Waals surface area contributed by atoms with Crippen LogP contribution in [-0.2, 0) is 11.8 Å². The average Bonchev–Trinajstić information content (AvgIpc) is 2.36. The minimum Gasteiger partial charge on any atom is -0.315 e. The van der Waals surface area contributed by atoms with Crippen molar-refractivity contribution < 1.29 is 0 Å². The van der Waals surface area contributed by atoms with E-state index < -0.39 is 0 Å². The minimum absolute atomic E-state index is 0.156. The lowest BCUT2D eigenvalue weighted by atomic mass is 9.70. The molecule has 1 nitrogen and oxygen atoms in total. The monoisotopic (exact) mass is 305 g/mol. The molecule has 0 radical (unpaired) electrons. The molecular formula is C17H17Cl2N. The molecule has 1 aliphatic rings. The summed E-state index contributed by atoms with van der Waals surface area (Å²) < 4.78 is 0. The fourth-order valence-electron chi connectivity index (χ4n) is 2.86. The Balaban J connectivity index is 1.94. The van der Waals surface area contributed by atoms with Gasteiger partial charge in [0.25, 0.3) is 0 Å². The van der Waals surface area contributed by atoms with Gasteiger partial charge in [-0.15, -0.1) is 0 Å². The Kier molecular flexibility index (Phi) is 3.76. The summed E-state index contributed by atoms with van der Waals surface area (Å²) in [5.74, 6) is 0. The normalized spacial score (nSPS) is 16.8. The predicted molar refractivity (Wildman–Crippen MR) is 85.9 cm³/mol. The molecule has 0 amide bonds. The highest BCUT2D eigenvalue weighted by Crippen LogP contribution is 2.35. The van der Waals surface area contributed by atoms with Gasteiger partial charge in [-0.2, -0.15) is 0 Å². The van der Waals surface area contributed by atoms with Crippen LogP contribution in [0.4, 0.5) is 0 Å². The van der Waals surface area contributed by atoms with E-state index in [0.29, 0.717) is 5.02 Å². The lowest BCUT2D eigenvalue weighted by Crippen LogP contribution is -2.58. The van der Waals surface area contributed by atoms with Crippen LogP contribution in [0.3, 0.4) is 0 Å². The number of benzene rings is 2. The Labute approximate surface area is 129 Å². The molecular weight excluding hydrogens is 289 g/mol.